The number of hydrogen-bond donors (Lipinski definition) is 1. The number of fused-ring (bicyclic) bond motifs is 1. The molecule has 25 heavy (non-hydrogen) atoms. The van der Waals surface area contributed by atoms with E-state index in [-0.39, 0.29) is 5.82 Å². The molecule has 0 aliphatic carbocycles. The Hall–Kier alpha value is -2.70. The lowest BCUT2D eigenvalue weighted by Gasteiger charge is -2.23. The molecule has 0 unspecified atom stereocenters. The van der Waals surface area contributed by atoms with Gasteiger partial charge in [0.25, 0.3) is 0 Å². The molecular weight excluding hydrogens is 319 g/mol. The molecule has 0 aromatic carbocycles. The van der Waals surface area contributed by atoms with Crippen molar-refractivity contribution < 1.29 is 4.39 Å². The SMILES string of the molecule is CCN(CC)c1nc2c(cc1CNc1ccc(F)cn1)c(C)nn2C. The average molecular weight is 342 g/mol. The minimum absolute atomic E-state index is 0.344. The molecule has 6 nitrogen and oxygen atoms in total. The third kappa shape index (κ3) is 3.40. The van der Waals surface area contributed by atoms with Crippen molar-refractivity contribution in [1.82, 2.24) is 19.7 Å². The van der Waals surface area contributed by atoms with E-state index in [9.17, 15) is 4.39 Å². The van der Waals surface area contributed by atoms with Gasteiger partial charge in [0.05, 0.1) is 11.9 Å². The number of hydrogen-bond acceptors (Lipinski definition) is 5. The largest absolute Gasteiger partial charge is 0.366 e. The van der Waals surface area contributed by atoms with Crippen LogP contribution in [0, 0.1) is 12.7 Å². The van der Waals surface area contributed by atoms with Crippen LogP contribution in [-0.4, -0.2) is 32.8 Å². The molecule has 0 atom stereocenters. The number of pyridine rings is 2. The quantitative estimate of drug-likeness (QED) is 0.745. The average Bonchev–Trinajstić information content (AvgIpc) is 2.89. The van der Waals surface area contributed by atoms with Gasteiger partial charge < -0.3 is 10.2 Å². The molecule has 7 heteroatoms. The lowest BCUT2D eigenvalue weighted by atomic mass is 10.1. The summed E-state index contributed by atoms with van der Waals surface area (Å²) in [6, 6.07) is 5.16. The third-order valence-corrected chi connectivity index (χ3v) is 4.31. The number of aryl methyl sites for hydroxylation is 2. The van der Waals surface area contributed by atoms with Crippen LogP contribution in [0.25, 0.3) is 11.0 Å². The van der Waals surface area contributed by atoms with Gasteiger partial charge in [-0.05, 0) is 39.0 Å². The first kappa shape index (κ1) is 17.1. The van der Waals surface area contributed by atoms with E-state index < -0.39 is 0 Å². The molecule has 0 aliphatic rings. The second kappa shape index (κ2) is 7.04. The Morgan fingerprint density at radius 3 is 2.64 bits per heavy atom. The van der Waals surface area contributed by atoms with Crippen molar-refractivity contribution in [2.45, 2.75) is 27.3 Å². The van der Waals surface area contributed by atoms with Crippen molar-refractivity contribution in [3.05, 3.63) is 41.5 Å². The minimum atomic E-state index is -0.344. The van der Waals surface area contributed by atoms with Crippen molar-refractivity contribution in [2.24, 2.45) is 7.05 Å². The zero-order valence-electron chi connectivity index (χ0n) is 15.0. The Morgan fingerprint density at radius 1 is 1.24 bits per heavy atom. The molecule has 0 bridgehead atoms. The van der Waals surface area contributed by atoms with Gasteiger partial charge in [-0.25, -0.2) is 14.4 Å². The summed E-state index contributed by atoms with van der Waals surface area (Å²) in [5, 5.41) is 8.77. The van der Waals surface area contributed by atoms with Crippen LogP contribution in [0.15, 0.2) is 24.4 Å². The van der Waals surface area contributed by atoms with Crippen molar-refractivity contribution in [3.63, 3.8) is 0 Å². The number of aromatic nitrogens is 4. The Bertz CT molecular complexity index is 867. The van der Waals surface area contributed by atoms with E-state index in [4.69, 9.17) is 4.98 Å². The molecule has 3 aromatic heterocycles. The number of rotatable bonds is 6. The molecule has 1 N–H and O–H groups in total. The van der Waals surface area contributed by atoms with Gasteiger partial charge in [0, 0.05) is 37.6 Å². The summed E-state index contributed by atoms with van der Waals surface area (Å²) in [4.78, 5) is 11.1. The highest BCUT2D eigenvalue weighted by Crippen LogP contribution is 2.26. The summed E-state index contributed by atoms with van der Waals surface area (Å²) < 4.78 is 14.8. The fraction of sp³-hybridized carbons (Fsp3) is 0.389. The summed E-state index contributed by atoms with van der Waals surface area (Å²) in [5.41, 5.74) is 2.90. The van der Waals surface area contributed by atoms with Crippen LogP contribution in [0.2, 0.25) is 0 Å². The number of nitrogens with one attached hydrogen (secondary N) is 1. The second-order valence-electron chi connectivity index (χ2n) is 5.94. The van der Waals surface area contributed by atoms with Gasteiger partial charge in [0.1, 0.15) is 17.5 Å². The van der Waals surface area contributed by atoms with Gasteiger partial charge in [0.2, 0.25) is 0 Å². The van der Waals surface area contributed by atoms with Crippen molar-refractivity contribution in [1.29, 1.82) is 0 Å². The van der Waals surface area contributed by atoms with E-state index in [2.05, 4.69) is 40.2 Å². The van der Waals surface area contributed by atoms with E-state index in [1.165, 1.54) is 12.3 Å². The van der Waals surface area contributed by atoms with Crippen molar-refractivity contribution in [2.75, 3.05) is 23.3 Å². The van der Waals surface area contributed by atoms with E-state index in [1.807, 2.05) is 18.7 Å². The Labute approximate surface area is 146 Å². The summed E-state index contributed by atoms with van der Waals surface area (Å²) in [5.74, 6) is 1.23. The number of anilines is 2. The maximum absolute atomic E-state index is 13.0. The second-order valence-corrected chi connectivity index (χ2v) is 5.94. The molecule has 3 aromatic rings. The molecule has 0 fully saturated rings. The van der Waals surface area contributed by atoms with Crippen LogP contribution in [0.5, 0.6) is 0 Å². The summed E-state index contributed by atoms with van der Waals surface area (Å²) in [7, 11) is 1.91. The molecule has 132 valence electrons. The number of halogens is 1. The fourth-order valence-corrected chi connectivity index (χ4v) is 2.97. The van der Waals surface area contributed by atoms with Gasteiger partial charge in [-0.15, -0.1) is 0 Å². The lowest BCUT2D eigenvalue weighted by Crippen LogP contribution is -2.25. The van der Waals surface area contributed by atoms with Gasteiger partial charge in [-0.2, -0.15) is 5.10 Å². The molecule has 0 saturated carbocycles. The lowest BCUT2D eigenvalue weighted by molar-refractivity contribution is 0.621. The van der Waals surface area contributed by atoms with Gasteiger partial charge in [0.15, 0.2) is 5.65 Å². The first-order valence-electron chi connectivity index (χ1n) is 8.47. The molecule has 3 rings (SSSR count). The van der Waals surface area contributed by atoms with E-state index in [0.29, 0.717) is 12.4 Å². The fourth-order valence-electron chi connectivity index (χ4n) is 2.97. The highest BCUT2D eigenvalue weighted by atomic mass is 19.1. The Morgan fingerprint density at radius 2 is 2.00 bits per heavy atom. The van der Waals surface area contributed by atoms with E-state index >= 15 is 0 Å². The maximum Gasteiger partial charge on any atom is 0.160 e. The predicted octanol–water partition coefficient (Wildman–Crippen LogP) is 3.27. The van der Waals surface area contributed by atoms with Gasteiger partial charge in [-0.3, -0.25) is 4.68 Å². The maximum atomic E-state index is 13.0. The highest BCUT2D eigenvalue weighted by molar-refractivity contribution is 5.81. The van der Waals surface area contributed by atoms with Crippen LogP contribution >= 0.6 is 0 Å². The molecule has 0 amide bonds. The monoisotopic (exact) mass is 342 g/mol. The van der Waals surface area contributed by atoms with E-state index in [1.54, 1.807) is 6.07 Å². The standard InChI is InChI=1S/C18H23FN6/c1-5-25(6-2)17-13(10-20-16-8-7-14(19)11-21-16)9-15-12(3)23-24(4)18(15)22-17/h7-9,11H,5-6,10H2,1-4H3,(H,20,21). The minimum Gasteiger partial charge on any atom is -0.366 e. The topological polar surface area (TPSA) is 58.9 Å². The van der Waals surface area contributed by atoms with Crippen LogP contribution in [0.3, 0.4) is 0 Å². The molecular formula is C18H23FN6. The highest BCUT2D eigenvalue weighted by Gasteiger charge is 2.16. The summed E-state index contributed by atoms with van der Waals surface area (Å²) in [6.45, 7) is 8.51. The summed E-state index contributed by atoms with van der Waals surface area (Å²) in [6.07, 6.45) is 1.21. The first-order valence-corrected chi connectivity index (χ1v) is 8.47. The normalized spacial score (nSPS) is 11.1. The molecule has 0 aliphatic heterocycles. The molecule has 0 radical (unpaired) electrons. The van der Waals surface area contributed by atoms with Gasteiger partial charge >= 0.3 is 0 Å². The molecule has 3 heterocycles. The van der Waals surface area contributed by atoms with E-state index in [0.717, 1.165) is 41.2 Å². The zero-order valence-corrected chi connectivity index (χ0v) is 15.0. The van der Waals surface area contributed by atoms with Crippen LogP contribution < -0.4 is 10.2 Å². The first-order chi connectivity index (χ1) is 12.0. The van der Waals surface area contributed by atoms with Crippen molar-refractivity contribution in [3.8, 4) is 0 Å². The zero-order chi connectivity index (χ0) is 18.0. The Balaban J connectivity index is 1.99. The van der Waals surface area contributed by atoms with Crippen LogP contribution in [0.4, 0.5) is 16.0 Å². The van der Waals surface area contributed by atoms with Crippen LogP contribution in [-0.2, 0) is 13.6 Å². The van der Waals surface area contributed by atoms with Crippen LogP contribution in [0.1, 0.15) is 25.1 Å². The molecule has 0 saturated heterocycles. The van der Waals surface area contributed by atoms with Crippen molar-refractivity contribution >= 4 is 22.7 Å². The number of nitrogens with zero attached hydrogens (tertiary/aromatic N) is 5. The Kier molecular flexibility index (Phi) is 4.83. The van der Waals surface area contributed by atoms with Gasteiger partial charge in [-0.1, -0.05) is 0 Å². The smallest absolute Gasteiger partial charge is 0.160 e. The predicted molar refractivity (Wildman–Crippen MR) is 98.3 cm³/mol. The third-order valence-electron chi connectivity index (χ3n) is 4.31. The summed E-state index contributed by atoms with van der Waals surface area (Å²) >= 11 is 0. The molecule has 0 spiro atoms.